The SMILES string of the molecule is CCCC1=CC=C(/C(F)=C(\F)c2ccc(C3CCC(C)CC3)cc2)C(F)(F)C1(F)F. The van der Waals surface area contributed by atoms with E-state index >= 15 is 0 Å². The van der Waals surface area contributed by atoms with Crippen LogP contribution in [-0.4, -0.2) is 11.8 Å². The number of alkyl halides is 4. The maximum Gasteiger partial charge on any atom is 0.342 e. The van der Waals surface area contributed by atoms with Crippen LogP contribution in [0, 0.1) is 5.92 Å². The van der Waals surface area contributed by atoms with Crippen molar-refractivity contribution in [3.05, 3.63) is 64.5 Å². The summed E-state index contributed by atoms with van der Waals surface area (Å²) in [6.07, 6.45) is 5.54. The quantitative estimate of drug-likeness (QED) is 0.412. The Morgan fingerprint density at radius 2 is 1.47 bits per heavy atom. The topological polar surface area (TPSA) is 0 Å². The molecule has 164 valence electrons. The third kappa shape index (κ3) is 4.10. The molecule has 1 aromatic carbocycles. The van der Waals surface area contributed by atoms with Crippen molar-refractivity contribution in [1.82, 2.24) is 0 Å². The van der Waals surface area contributed by atoms with Gasteiger partial charge in [-0.2, -0.15) is 17.6 Å². The van der Waals surface area contributed by atoms with Gasteiger partial charge in [0, 0.05) is 11.1 Å². The molecule has 1 saturated carbocycles. The van der Waals surface area contributed by atoms with Crippen molar-refractivity contribution in [3.8, 4) is 0 Å². The van der Waals surface area contributed by atoms with E-state index in [1.807, 2.05) is 0 Å². The van der Waals surface area contributed by atoms with Gasteiger partial charge in [0.05, 0.1) is 5.57 Å². The van der Waals surface area contributed by atoms with Gasteiger partial charge in [0.25, 0.3) is 0 Å². The summed E-state index contributed by atoms with van der Waals surface area (Å²) < 4.78 is 86.5. The lowest BCUT2D eigenvalue weighted by atomic mass is 9.79. The van der Waals surface area contributed by atoms with Crippen molar-refractivity contribution in [2.75, 3.05) is 0 Å². The van der Waals surface area contributed by atoms with Gasteiger partial charge < -0.3 is 0 Å². The van der Waals surface area contributed by atoms with E-state index in [0.717, 1.165) is 37.3 Å². The van der Waals surface area contributed by atoms with Gasteiger partial charge in [-0.1, -0.05) is 63.5 Å². The molecule has 30 heavy (non-hydrogen) atoms. The molecule has 6 heteroatoms. The van der Waals surface area contributed by atoms with Crippen LogP contribution in [0.25, 0.3) is 5.83 Å². The zero-order chi connectivity index (χ0) is 22.1. The first-order chi connectivity index (χ1) is 14.1. The highest BCUT2D eigenvalue weighted by molar-refractivity contribution is 5.67. The van der Waals surface area contributed by atoms with Gasteiger partial charge in [-0.05, 0) is 42.7 Å². The van der Waals surface area contributed by atoms with E-state index in [0.29, 0.717) is 17.9 Å². The summed E-state index contributed by atoms with van der Waals surface area (Å²) in [6.45, 7) is 3.77. The average molecular weight is 428 g/mol. The molecule has 0 unspecified atom stereocenters. The van der Waals surface area contributed by atoms with Crippen LogP contribution in [0.4, 0.5) is 26.3 Å². The van der Waals surface area contributed by atoms with Crippen LogP contribution in [0.5, 0.6) is 0 Å². The predicted molar refractivity (Wildman–Crippen MR) is 107 cm³/mol. The number of rotatable bonds is 5. The van der Waals surface area contributed by atoms with E-state index in [1.54, 1.807) is 19.1 Å². The van der Waals surface area contributed by atoms with Gasteiger partial charge in [-0.3, -0.25) is 0 Å². The standard InChI is InChI=1S/C24H26F6/c1-3-4-19-13-14-20(24(29,30)23(19,27)28)22(26)21(25)18-11-9-17(10-12-18)16-7-5-15(2)6-8-16/h9-16H,3-8H2,1-2H3/b22-21+. The molecule has 0 spiro atoms. The molecule has 1 aromatic rings. The Labute approximate surface area is 173 Å². The molecule has 0 nitrogen and oxygen atoms in total. The van der Waals surface area contributed by atoms with Gasteiger partial charge >= 0.3 is 11.8 Å². The molecule has 0 radical (unpaired) electrons. The fraction of sp³-hybridized carbons (Fsp3) is 0.500. The summed E-state index contributed by atoms with van der Waals surface area (Å²) >= 11 is 0. The maximum absolute atomic E-state index is 14.6. The van der Waals surface area contributed by atoms with E-state index in [4.69, 9.17) is 0 Å². The first-order valence-electron chi connectivity index (χ1n) is 10.4. The van der Waals surface area contributed by atoms with Gasteiger partial charge in [0.2, 0.25) is 0 Å². The first kappa shape index (κ1) is 22.7. The molecule has 0 aliphatic heterocycles. The van der Waals surface area contributed by atoms with Crippen LogP contribution in [0.1, 0.15) is 69.4 Å². The Balaban J connectivity index is 1.89. The molecule has 1 fully saturated rings. The lowest BCUT2D eigenvalue weighted by molar-refractivity contribution is -0.164. The van der Waals surface area contributed by atoms with Gasteiger partial charge in [-0.15, -0.1) is 0 Å². The van der Waals surface area contributed by atoms with Crippen LogP contribution in [0.15, 0.2) is 53.4 Å². The fourth-order valence-corrected chi connectivity index (χ4v) is 4.22. The van der Waals surface area contributed by atoms with Crippen LogP contribution >= 0.6 is 0 Å². The highest BCUT2D eigenvalue weighted by atomic mass is 19.3. The van der Waals surface area contributed by atoms with E-state index in [2.05, 4.69) is 6.92 Å². The minimum absolute atomic E-state index is 0.236. The largest absolute Gasteiger partial charge is 0.342 e. The second kappa shape index (κ2) is 8.64. The van der Waals surface area contributed by atoms with E-state index < -0.39 is 34.6 Å². The molecule has 0 amide bonds. The molecule has 3 rings (SSSR count). The molecule has 0 N–H and O–H groups in total. The molecule has 2 aliphatic carbocycles. The number of hydrogen-bond acceptors (Lipinski definition) is 0. The van der Waals surface area contributed by atoms with E-state index in [-0.39, 0.29) is 18.4 Å². The number of halogens is 6. The fourth-order valence-electron chi connectivity index (χ4n) is 4.22. The van der Waals surface area contributed by atoms with Crippen molar-refractivity contribution >= 4 is 5.83 Å². The van der Waals surface area contributed by atoms with Crippen molar-refractivity contribution in [2.45, 2.75) is 70.1 Å². The summed E-state index contributed by atoms with van der Waals surface area (Å²) in [5.41, 5.74) is -1.67. The molecule has 0 aromatic heterocycles. The summed E-state index contributed by atoms with van der Waals surface area (Å²) in [7, 11) is 0. The lowest BCUT2D eigenvalue weighted by Crippen LogP contribution is -2.45. The Kier molecular flexibility index (Phi) is 6.54. The Morgan fingerprint density at radius 1 is 0.867 bits per heavy atom. The maximum atomic E-state index is 14.6. The van der Waals surface area contributed by atoms with Crippen molar-refractivity contribution < 1.29 is 26.3 Å². The van der Waals surface area contributed by atoms with Crippen molar-refractivity contribution in [3.63, 3.8) is 0 Å². The minimum Gasteiger partial charge on any atom is -0.203 e. The number of benzene rings is 1. The first-order valence-corrected chi connectivity index (χ1v) is 10.4. The summed E-state index contributed by atoms with van der Waals surface area (Å²) in [5.74, 6) is -11.9. The second-order valence-electron chi connectivity index (χ2n) is 8.38. The molecular weight excluding hydrogens is 402 g/mol. The summed E-state index contributed by atoms with van der Waals surface area (Å²) in [6, 6.07) is 5.95. The smallest absolute Gasteiger partial charge is 0.203 e. The van der Waals surface area contributed by atoms with Crippen molar-refractivity contribution in [2.24, 2.45) is 5.92 Å². The predicted octanol–water partition coefficient (Wildman–Crippen LogP) is 8.53. The summed E-state index contributed by atoms with van der Waals surface area (Å²) in [4.78, 5) is 0. The molecule has 0 atom stereocenters. The zero-order valence-electron chi connectivity index (χ0n) is 17.1. The van der Waals surface area contributed by atoms with Crippen LogP contribution in [0.3, 0.4) is 0 Å². The Hall–Kier alpha value is -1.98. The summed E-state index contributed by atoms with van der Waals surface area (Å²) in [5, 5.41) is 0. The normalized spacial score (nSPS) is 26.5. The minimum atomic E-state index is -4.83. The third-order valence-electron chi connectivity index (χ3n) is 6.19. The molecule has 0 heterocycles. The monoisotopic (exact) mass is 428 g/mol. The van der Waals surface area contributed by atoms with E-state index in [1.165, 1.54) is 12.1 Å². The average Bonchev–Trinajstić information content (AvgIpc) is 2.72. The van der Waals surface area contributed by atoms with Gasteiger partial charge in [-0.25, -0.2) is 8.78 Å². The van der Waals surface area contributed by atoms with Gasteiger partial charge in [0.1, 0.15) is 0 Å². The zero-order valence-corrected chi connectivity index (χ0v) is 17.1. The lowest BCUT2D eigenvalue weighted by Gasteiger charge is -2.32. The van der Waals surface area contributed by atoms with Gasteiger partial charge in [0.15, 0.2) is 11.7 Å². The molecule has 0 saturated heterocycles. The second-order valence-corrected chi connectivity index (χ2v) is 8.38. The van der Waals surface area contributed by atoms with Crippen molar-refractivity contribution in [1.29, 1.82) is 0 Å². The highest BCUT2D eigenvalue weighted by Crippen LogP contribution is 2.51. The van der Waals surface area contributed by atoms with Crippen LogP contribution in [-0.2, 0) is 0 Å². The van der Waals surface area contributed by atoms with Crippen LogP contribution < -0.4 is 0 Å². The van der Waals surface area contributed by atoms with E-state index in [9.17, 15) is 26.3 Å². The molecule has 0 bridgehead atoms. The Bertz CT molecular complexity index is 852. The molecular formula is C24H26F6. The Morgan fingerprint density at radius 3 is 2.03 bits per heavy atom. The molecule has 2 aliphatic rings. The number of allylic oxidation sites excluding steroid dienone is 5. The van der Waals surface area contributed by atoms with Crippen LogP contribution in [0.2, 0.25) is 0 Å². The third-order valence-corrected chi connectivity index (χ3v) is 6.19. The number of hydrogen-bond donors (Lipinski definition) is 0. The highest BCUT2D eigenvalue weighted by Gasteiger charge is 2.62.